The molecule has 0 radical (unpaired) electrons. The van der Waals surface area contributed by atoms with Gasteiger partial charge in [-0.3, -0.25) is 0 Å². The molecule has 0 saturated heterocycles. The van der Waals surface area contributed by atoms with E-state index in [1.54, 1.807) is 0 Å². The minimum atomic E-state index is 0.535. The van der Waals surface area contributed by atoms with Crippen LogP contribution in [0.15, 0.2) is 35.1 Å². The standard InChI is InChI=1S/C15H21N3O/c1-3-6-13(7-4-2)17-14-9-5-8-12(10-14)15-18-16-11-19-15/h5,8-11,13,17H,3-4,6-7H2,1-2H3. The molecule has 1 N–H and O–H groups in total. The van der Waals surface area contributed by atoms with E-state index in [1.165, 1.54) is 32.1 Å². The lowest BCUT2D eigenvalue weighted by molar-refractivity contribution is 0.568. The average molecular weight is 259 g/mol. The molecule has 0 fully saturated rings. The molecule has 4 nitrogen and oxygen atoms in total. The SMILES string of the molecule is CCCC(CCC)Nc1cccc(-c2nnco2)c1. The van der Waals surface area contributed by atoms with Crippen molar-refractivity contribution in [1.29, 1.82) is 0 Å². The van der Waals surface area contributed by atoms with E-state index < -0.39 is 0 Å². The first-order chi connectivity index (χ1) is 9.33. The maximum absolute atomic E-state index is 5.22. The Labute approximate surface area is 114 Å². The van der Waals surface area contributed by atoms with Crippen molar-refractivity contribution in [1.82, 2.24) is 10.2 Å². The van der Waals surface area contributed by atoms with Gasteiger partial charge in [-0.1, -0.05) is 32.8 Å². The van der Waals surface area contributed by atoms with Gasteiger partial charge < -0.3 is 9.73 Å². The van der Waals surface area contributed by atoms with Crippen LogP contribution in [0.1, 0.15) is 39.5 Å². The second-order valence-electron chi connectivity index (χ2n) is 4.74. The highest BCUT2D eigenvalue weighted by molar-refractivity contribution is 5.61. The summed E-state index contributed by atoms with van der Waals surface area (Å²) in [6.07, 6.45) is 6.13. The van der Waals surface area contributed by atoms with Crippen molar-refractivity contribution in [2.75, 3.05) is 5.32 Å². The molecule has 0 unspecified atom stereocenters. The molecule has 1 aromatic carbocycles. The third-order valence-electron chi connectivity index (χ3n) is 3.11. The molecule has 0 aliphatic rings. The normalized spacial score (nSPS) is 10.9. The molecule has 0 aliphatic carbocycles. The van der Waals surface area contributed by atoms with E-state index in [1.807, 2.05) is 12.1 Å². The quantitative estimate of drug-likeness (QED) is 0.812. The Morgan fingerprint density at radius 1 is 1.21 bits per heavy atom. The molecule has 2 aromatic rings. The van der Waals surface area contributed by atoms with Gasteiger partial charge in [-0.2, -0.15) is 0 Å². The molecule has 0 amide bonds. The first-order valence-corrected chi connectivity index (χ1v) is 6.96. The number of aromatic nitrogens is 2. The first kappa shape index (κ1) is 13.6. The molecule has 0 atom stereocenters. The van der Waals surface area contributed by atoms with Gasteiger partial charge in [0.25, 0.3) is 0 Å². The molecular weight excluding hydrogens is 238 g/mol. The summed E-state index contributed by atoms with van der Waals surface area (Å²) < 4.78 is 5.22. The van der Waals surface area contributed by atoms with Gasteiger partial charge in [-0.25, -0.2) is 0 Å². The Kier molecular flexibility index (Phi) is 4.95. The molecule has 19 heavy (non-hydrogen) atoms. The lowest BCUT2D eigenvalue weighted by Crippen LogP contribution is -2.18. The Morgan fingerprint density at radius 3 is 2.63 bits per heavy atom. The van der Waals surface area contributed by atoms with Crippen molar-refractivity contribution in [2.24, 2.45) is 0 Å². The monoisotopic (exact) mass is 259 g/mol. The highest BCUT2D eigenvalue weighted by Crippen LogP contribution is 2.22. The van der Waals surface area contributed by atoms with Crippen LogP contribution >= 0.6 is 0 Å². The molecular formula is C15H21N3O. The topological polar surface area (TPSA) is 51.0 Å². The molecule has 0 bridgehead atoms. The van der Waals surface area contributed by atoms with E-state index in [9.17, 15) is 0 Å². The van der Waals surface area contributed by atoms with E-state index in [0.717, 1.165) is 11.3 Å². The summed E-state index contributed by atoms with van der Waals surface area (Å²) in [6.45, 7) is 4.44. The van der Waals surface area contributed by atoms with Crippen molar-refractivity contribution in [2.45, 2.75) is 45.6 Å². The molecule has 0 spiro atoms. The third-order valence-corrected chi connectivity index (χ3v) is 3.11. The number of hydrogen-bond acceptors (Lipinski definition) is 4. The Hall–Kier alpha value is -1.84. The molecule has 2 rings (SSSR count). The Morgan fingerprint density at radius 2 is 2.00 bits per heavy atom. The second-order valence-corrected chi connectivity index (χ2v) is 4.74. The minimum absolute atomic E-state index is 0.535. The van der Waals surface area contributed by atoms with Crippen molar-refractivity contribution < 1.29 is 4.42 Å². The van der Waals surface area contributed by atoms with Crippen LogP contribution in [0.3, 0.4) is 0 Å². The minimum Gasteiger partial charge on any atom is -0.423 e. The lowest BCUT2D eigenvalue weighted by atomic mass is 10.1. The van der Waals surface area contributed by atoms with Crippen LogP contribution in [0.4, 0.5) is 5.69 Å². The predicted octanol–water partition coefficient (Wildman–Crippen LogP) is 4.12. The summed E-state index contributed by atoms with van der Waals surface area (Å²) >= 11 is 0. The number of benzene rings is 1. The number of hydrogen-bond donors (Lipinski definition) is 1. The van der Waals surface area contributed by atoms with Crippen molar-refractivity contribution >= 4 is 5.69 Å². The molecule has 1 heterocycles. The van der Waals surface area contributed by atoms with Crippen molar-refractivity contribution in [3.8, 4) is 11.5 Å². The van der Waals surface area contributed by atoms with Crippen LogP contribution in [0.25, 0.3) is 11.5 Å². The van der Waals surface area contributed by atoms with Crippen LogP contribution < -0.4 is 5.32 Å². The van der Waals surface area contributed by atoms with E-state index in [-0.39, 0.29) is 0 Å². The van der Waals surface area contributed by atoms with Crippen LogP contribution in [0.5, 0.6) is 0 Å². The molecule has 0 saturated carbocycles. The van der Waals surface area contributed by atoms with Crippen LogP contribution in [-0.4, -0.2) is 16.2 Å². The van der Waals surface area contributed by atoms with Gasteiger partial charge in [0, 0.05) is 17.3 Å². The fourth-order valence-electron chi connectivity index (χ4n) is 2.26. The van der Waals surface area contributed by atoms with Gasteiger partial charge in [0.2, 0.25) is 12.3 Å². The van der Waals surface area contributed by atoms with Crippen molar-refractivity contribution in [3.63, 3.8) is 0 Å². The summed E-state index contributed by atoms with van der Waals surface area (Å²) in [6, 6.07) is 8.67. The zero-order chi connectivity index (χ0) is 13.5. The predicted molar refractivity (Wildman–Crippen MR) is 77.0 cm³/mol. The smallest absolute Gasteiger partial charge is 0.247 e. The van der Waals surface area contributed by atoms with E-state index in [4.69, 9.17) is 4.42 Å². The fraction of sp³-hybridized carbons (Fsp3) is 0.467. The van der Waals surface area contributed by atoms with Crippen LogP contribution in [0, 0.1) is 0 Å². The highest BCUT2D eigenvalue weighted by Gasteiger charge is 2.08. The van der Waals surface area contributed by atoms with Gasteiger partial charge in [0.1, 0.15) is 0 Å². The molecule has 1 aromatic heterocycles. The highest BCUT2D eigenvalue weighted by atomic mass is 16.4. The maximum atomic E-state index is 5.22. The van der Waals surface area contributed by atoms with E-state index in [2.05, 4.69) is 41.5 Å². The molecule has 0 aliphatic heterocycles. The number of anilines is 1. The maximum Gasteiger partial charge on any atom is 0.247 e. The Bertz CT molecular complexity index is 476. The van der Waals surface area contributed by atoms with Crippen LogP contribution in [-0.2, 0) is 0 Å². The third kappa shape index (κ3) is 3.81. The first-order valence-electron chi connectivity index (χ1n) is 6.96. The van der Waals surface area contributed by atoms with Crippen molar-refractivity contribution in [3.05, 3.63) is 30.7 Å². The van der Waals surface area contributed by atoms with Gasteiger partial charge in [0.15, 0.2) is 0 Å². The van der Waals surface area contributed by atoms with E-state index >= 15 is 0 Å². The summed E-state index contributed by atoms with van der Waals surface area (Å²) in [5, 5.41) is 11.2. The Balaban J connectivity index is 2.10. The lowest BCUT2D eigenvalue weighted by Gasteiger charge is -2.18. The number of rotatable bonds is 7. The summed E-state index contributed by atoms with van der Waals surface area (Å²) in [7, 11) is 0. The largest absolute Gasteiger partial charge is 0.423 e. The second kappa shape index (κ2) is 6.92. The zero-order valence-electron chi connectivity index (χ0n) is 11.6. The van der Waals surface area contributed by atoms with Gasteiger partial charge >= 0.3 is 0 Å². The summed E-state index contributed by atoms with van der Waals surface area (Å²) in [4.78, 5) is 0. The zero-order valence-corrected chi connectivity index (χ0v) is 11.6. The van der Waals surface area contributed by atoms with Gasteiger partial charge in [-0.05, 0) is 31.0 Å². The fourth-order valence-corrected chi connectivity index (χ4v) is 2.26. The average Bonchev–Trinajstić information content (AvgIpc) is 2.93. The molecule has 102 valence electrons. The van der Waals surface area contributed by atoms with E-state index in [0.29, 0.717) is 11.9 Å². The number of nitrogens with one attached hydrogen (secondary N) is 1. The number of nitrogens with zero attached hydrogens (tertiary/aromatic N) is 2. The van der Waals surface area contributed by atoms with Gasteiger partial charge in [0.05, 0.1) is 0 Å². The summed E-state index contributed by atoms with van der Waals surface area (Å²) in [5.41, 5.74) is 2.07. The summed E-state index contributed by atoms with van der Waals surface area (Å²) in [5.74, 6) is 0.561. The molecule has 4 heteroatoms. The van der Waals surface area contributed by atoms with Gasteiger partial charge in [-0.15, -0.1) is 10.2 Å². The van der Waals surface area contributed by atoms with Crippen LogP contribution in [0.2, 0.25) is 0 Å².